The highest BCUT2D eigenvalue weighted by Crippen LogP contribution is 2.52. The second-order valence-corrected chi connectivity index (χ2v) is 18.3. The molecule has 70 heavy (non-hydrogen) atoms. The molecule has 0 N–H and O–H groups in total. The predicted octanol–water partition coefficient (Wildman–Crippen LogP) is 15.1. The summed E-state index contributed by atoms with van der Waals surface area (Å²) in [6.45, 7) is 4.60. The van der Waals surface area contributed by atoms with Crippen LogP contribution in [0, 0.1) is 0 Å². The third kappa shape index (κ3) is 6.81. The quantitative estimate of drug-likeness (QED) is 0.151. The van der Waals surface area contributed by atoms with E-state index in [1.165, 1.54) is 16.7 Å². The van der Waals surface area contributed by atoms with Crippen molar-refractivity contribution in [2.45, 2.75) is 19.3 Å². The molecule has 0 fully saturated rings. The Morgan fingerprint density at radius 2 is 0.729 bits per heavy atom. The lowest BCUT2D eigenvalue weighted by Crippen LogP contribution is -2.14. The fourth-order valence-corrected chi connectivity index (χ4v) is 10.4. The molecule has 0 saturated carbocycles. The molecule has 7 heteroatoms. The summed E-state index contributed by atoms with van der Waals surface area (Å²) in [5.41, 5.74) is 15.1. The van der Waals surface area contributed by atoms with E-state index in [0.29, 0.717) is 34.9 Å². The van der Waals surface area contributed by atoms with Crippen molar-refractivity contribution >= 4 is 21.8 Å². The zero-order valence-corrected chi connectivity index (χ0v) is 38.5. The molecule has 1 aliphatic rings. The van der Waals surface area contributed by atoms with Gasteiger partial charge in [-0.05, 0) is 63.7 Å². The van der Waals surface area contributed by atoms with E-state index >= 15 is 0 Å². The predicted molar refractivity (Wildman–Crippen MR) is 283 cm³/mol. The Bertz CT molecular complexity index is 3920. The Kier molecular flexibility index (Phi) is 9.69. The van der Waals surface area contributed by atoms with Crippen LogP contribution in [0.2, 0.25) is 0 Å². The van der Waals surface area contributed by atoms with Crippen LogP contribution in [0.3, 0.4) is 0 Å². The van der Waals surface area contributed by atoms with E-state index in [-0.39, 0.29) is 5.41 Å². The van der Waals surface area contributed by atoms with Crippen molar-refractivity contribution in [3.8, 4) is 96.3 Å². The van der Waals surface area contributed by atoms with Crippen LogP contribution < -0.4 is 0 Å². The van der Waals surface area contributed by atoms with E-state index in [9.17, 15) is 0 Å². The van der Waals surface area contributed by atoms with Gasteiger partial charge in [-0.1, -0.05) is 208 Å². The molecule has 0 bridgehead atoms. The van der Waals surface area contributed by atoms with E-state index in [1.807, 2.05) is 60.7 Å². The maximum Gasteiger partial charge on any atom is 0.166 e. The van der Waals surface area contributed by atoms with Crippen molar-refractivity contribution in [1.82, 2.24) is 34.5 Å². The Hall–Kier alpha value is -9.20. The maximum absolute atomic E-state index is 5.55. The van der Waals surface area contributed by atoms with Gasteiger partial charge in [0.2, 0.25) is 0 Å². The summed E-state index contributed by atoms with van der Waals surface area (Å²) in [4.78, 5) is 32.1. The van der Waals surface area contributed by atoms with Crippen LogP contribution in [0.1, 0.15) is 25.0 Å². The van der Waals surface area contributed by atoms with Gasteiger partial charge in [0.15, 0.2) is 34.9 Å². The summed E-state index contributed by atoms with van der Waals surface area (Å²) in [7, 11) is 0. The third-order valence-electron chi connectivity index (χ3n) is 13.8. The van der Waals surface area contributed by atoms with Gasteiger partial charge in [0.05, 0.1) is 16.7 Å². The van der Waals surface area contributed by atoms with Gasteiger partial charge in [-0.2, -0.15) is 0 Å². The smallest absolute Gasteiger partial charge is 0.166 e. The van der Waals surface area contributed by atoms with Crippen molar-refractivity contribution in [2.24, 2.45) is 0 Å². The van der Waals surface area contributed by atoms with E-state index < -0.39 is 0 Å². The first-order valence-electron chi connectivity index (χ1n) is 23.6. The first-order valence-corrected chi connectivity index (χ1v) is 23.6. The second-order valence-electron chi connectivity index (χ2n) is 18.3. The van der Waals surface area contributed by atoms with Crippen molar-refractivity contribution in [3.63, 3.8) is 0 Å². The van der Waals surface area contributed by atoms with Crippen LogP contribution in [0.25, 0.3) is 118 Å². The Labute approximate surface area is 405 Å². The SMILES string of the molecule is CC1(C)c2ccccc2-c2c(-c3nc(-c4ccccc4)nc(-c4cc(-c5nc(-c6ccccc6)nc(-c6ccccc6-c6ccccc6)n5)ccc4-n4c5ccccc5c5ccccc54)n3)cccc21. The molecular formula is C63H43N7. The van der Waals surface area contributed by atoms with Gasteiger partial charge >= 0.3 is 0 Å². The Morgan fingerprint density at radius 3 is 1.36 bits per heavy atom. The number of rotatable bonds is 8. The molecule has 0 atom stereocenters. The van der Waals surface area contributed by atoms with Gasteiger partial charge < -0.3 is 4.57 Å². The highest BCUT2D eigenvalue weighted by molar-refractivity contribution is 6.09. The number of fused-ring (bicyclic) bond motifs is 6. The van der Waals surface area contributed by atoms with Crippen LogP contribution in [-0.4, -0.2) is 34.5 Å². The number of para-hydroxylation sites is 2. The lowest BCUT2D eigenvalue weighted by atomic mass is 9.82. The average Bonchev–Trinajstić information content (AvgIpc) is 3.89. The van der Waals surface area contributed by atoms with Crippen molar-refractivity contribution in [1.29, 1.82) is 0 Å². The van der Waals surface area contributed by atoms with Crippen LogP contribution >= 0.6 is 0 Å². The van der Waals surface area contributed by atoms with Crippen LogP contribution in [-0.2, 0) is 5.41 Å². The molecule has 13 rings (SSSR count). The Morgan fingerprint density at radius 1 is 0.300 bits per heavy atom. The van der Waals surface area contributed by atoms with Gasteiger partial charge in [0, 0.05) is 49.6 Å². The fourth-order valence-electron chi connectivity index (χ4n) is 10.4. The zero-order valence-electron chi connectivity index (χ0n) is 38.5. The molecule has 12 aromatic rings. The second kappa shape index (κ2) is 16.5. The lowest BCUT2D eigenvalue weighted by molar-refractivity contribution is 0.660. The molecule has 0 radical (unpaired) electrons. The van der Waals surface area contributed by atoms with Gasteiger partial charge in [-0.3, -0.25) is 0 Å². The zero-order chi connectivity index (χ0) is 46.8. The number of hydrogen-bond acceptors (Lipinski definition) is 6. The molecule has 0 amide bonds. The van der Waals surface area contributed by atoms with E-state index in [4.69, 9.17) is 29.9 Å². The minimum absolute atomic E-state index is 0.207. The first-order chi connectivity index (χ1) is 34.5. The molecule has 9 aromatic carbocycles. The minimum atomic E-state index is -0.207. The van der Waals surface area contributed by atoms with Gasteiger partial charge in [-0.25, -0.2) is 29.9 Å². The Balaban J connectivity index is 1.10. The summed E-state index contributed by atoms with van der Waals surface area (Å²) in [5, 5.41) is 2.31. The van der Waals surface area contributed by atoms with Gasteiger partial charge in [-0.15, -0.1) is 0 Å². The fraction of sp³-hybridized carbons (Fsp3) is 0.0476. The van der Waals surface area contributed by atoms with Crippen LogP contribution in [0.15, 0.2) is 224 Å². The molecule has 3 heterocycles. The standard InChI is InChI=1S/C63H43N7/c1-63(2)51-33-17-14-31-48(51)56-49(32-20-34-52(56)63)61-66-58(42-25-10-5-11-26-42)67-62(69-61)50-39-43(37-38-55(50)70-53-35-18-15-28-45(53)46-29-16-19-36-54(46)70)59-64-57(41-23-8-4-9-24-41)65-60(68-59)47-30-13-12-27-44(47)40-21-6-3-7-22-40/h3-39H,1-2H3. The first kappa shape index (κ1) is 41.0. The normalized spacial score (nSPS) is 12.5. The molecule has 0 spiro atoms. The van der Waals surface area contributed by atoms with Crippen molar-refractivity contribution < 1.29 is 0 Å². The van der Waals surface area contributed by atoms with E-state index in [2.05, 4.69) is 182 Å². The van der Waals surface area contributed by atoms with Gasteiger partial charge in [0.25, 0.3) is 0 Å². The largest absolute Gasteiger partial charge is 0.309 e. The molecule has 330 valence electrons. The number of benzene rings is 9. The molecule has 1 aliphatic carbocycles. The van der Waals surface area contributed by atoms with E-state index in [1.54, 1.807) is 0 Å². The van der Waals surface area contributed by atoms with Crippen LogP contribution in [0.4, 0.5) is 0 Å². The molecule has 0 unspecified atom stereocenters. The molecular weight excluding hydrogens is 855 g/mol. The maximum atomic E-state index is 5.55. The molecule has 0 saturated heterocycles. The van der Waals surface area contributed by atoms with Crippen molar-refractivity contribution in [3.05, 3.63) is 236 Å². The average molecular weight is 898 g/mol. The summed E-state index contributed by atoms with van der Waals surface area (Å²) < 4.78 is 2.33. The third-order valence-corrected chi connectivity index (χ3v) is 13.8. The number of aromatic nitrogens is 7. The minimum Gasteiger partial charge on any atom is -0.309 e. The van der Waals surface area contributed by atoms with Crippen LogP contribution in [0.5, 0.6) is 0 Å². The monoisotopic (exact) mass is 897 g/mol. The molecule has 3 aromatic heterocycles. The lowest BCUT2D eigenvalue weighted by Gasteiger charge is -2.21. The number of nitrogens with zero attached hydrogens (tertiary/aromatic N) is 7. The number of hydrogen-bond donors (Lipinski definition) is 0. The van der Waals surface area contributed by atoms with Crippen molar-refractivity contribution in [2.75, 3.05) is 0 Å². The van der Waals surface area contributed by atoms with E-state index in [0.717, 1.165) is 77.6 Å². The summed E-state index contributed by atoms with van der Waals surface area (Å²) in [6.07, 6.45) is 0. The summed E-state index contributed by atoms with van der Waals surface area (Å²) >= 11 is 0. The molecule has 7 nitrogen and oxygen atoms in total. The summed E-state index contributed by atoms with van der Waals surface area (Å²) in [6, 6.07) is 77.8. The highest BCUT2D eigenvalue weighted by Gasteiger charge is 2.37. The topological polar surface area (TPSA) is 82.3 Å². The molecule has 0 aliphatic heterocycles. The highest BCUT2D eigenvalue weighted by atomic mass is 15.1. The van der Waals surface area contributed by atoms with Gasteiger partial charge in [0.1, 0.15) is 0 Å². The summed E-state index contributed by atoms with van der Waals surface area (Å²) in [5.74, 6) is 3.38.